The third kappa shape index (κ3) is 4.46. The van der Waals surface area contributed by atoms with Crippen LogP contribution in [0.5, 0.6) is 0 Å². The topological polar surface area (TPSA) is 57.6 Å². The summed E-state index contributed by atoms with van der Waals surface area (Å²) in [6, 6.07) is 5.36. The molecular formula is C16H20ClNO3. The minimum atomic E-state index is -0.774. The molecule has 1 amide bonds. The van der Waals surface area contributed by atoms with Gasteiger partial charge in [-0.2, -0.15) is 0 Å². The molecule has 0 unspecified atom stereocenters. The largest absolute Gasteiger partial charge is 0.481 e. The Labute approximate surface area is 129 Å². The number of rotatable bonds is 4. The monoisotopic (exact) mass is 309 g/mol. The predicted octanol–water partition coefficient (Wildman–Crippen LogP) is 3.37. The van der Waals surface area contributed by atoms with Gasteiger partial charge in [-0.1, -0.05) is 11.6 Å². The number of benzene rings is 1. The van der Waals surface area contributed by atoms with Gasteiger partial charge in [-0.3, -0.25) is 9.59 Å². The van der Waals surface area contributed by atoms with Crippen molar-refractivity contribution in [2.24, 2.45) is 5.92 Å². The van der Waals surface area contributed by atoms with Crippen molar-refractivity contribution in [3.63, 3.8) is 0 Å². The van der Waals surface area contributed by atoms with E-state index in [2.05, 4.69) is 0 Å². The van der Waals surface area contributed by atoms with Crippen molar-refractivity contribution in [1.29, 1.82) is 0 Å². The molecule has 0 radical (unpaired) electrons. The molecule has 1 aromatic rings. The van der Waals surface area contributed by atoms with E-state index in [0.717, 1.165) is 24.9 Å². The molecule has 0 aliphatic carbocycles. The lowest BCUT2D eigenvalue weighted by molar-refractivity contribution is -0.137. The predicted molar refractivity (Wildman–Crippen MR) is 81.7 cm³/mol. The molecule has 21 heavy (non-hydrogen) atoms. The van der Waals surface area contributed by atoms with Crippen molar-refractivity contribution in [3.05, 3.63) is 34.3 Å². The van der Waals surface area contributed by atoms with E-state index in [-0.39, 0.29) is 18.2 Å². The summed E-state index contributed by atoms with van der Waals surface area (Å²) >= 11 is 6.01. The molecule has 1 aromatic carbocycles. The molecule has 0 bridgehead atoms. The average Bonchev–Trinajstić information content (AvgIpc) is 2.43. The van der Waals surface area contributed by atoms with Crippen LogP contribution in [0.2, 0.25) is 5.02 Å². The van der Waals surface area contributed by atoms with Gasteiger partial charge in [-0.25, -0.2) is 0 Å². The van der Waals surface area contributed by atoms with Gasteiger partial charge in [0.05, 0.1) is 0 Å². The third-order valence-electron chi connectivity index (χ3n) is 3.86. The Bertz CT molecular complexity index is 524. The van der Waals surface area contributed by atoms with Gasteiger partial charge in [0.25, 0.3) is 5.91 Å². The van der Waals surface area contributed by atoms with Gasteiger partial charge in [-0.05, 0) is 55.9 Å². The van der Waals surface area contributed by atoms with Crippen LogP contribution in [0.25, 0.3) is 0 Å². The quantitative estimate of drug-likeness (QED) is 0.927. The van der Waals surface area contributed by atoms with Crippen molar-refractivity contribution < 1.29 is 14.7 Å². The minimum absolute atomic E-state index is 0.0133. The fourth-order valence-electron chi connectivity index (χ4n) is 2.86. The maximum Gasteiger partial charge on any atom is 0.303 e. The lowest BCUT2D eigenvalue weighted by Crippen LogP contribution is -2.40. The summed E-state index contributed by atoms with van der Waals surface area (Å²) in [7, 11) is 0. The molecule has 1 heterocycles. The molecule has 0 spiro atoms. The highest BCUT2D eigenvalue weighted by Gasteiger charge is 2.25. The second-order valence-electron chi connectivity index (χ2n) is 5.71. The molecule has 5 heteroatoms. The van der Waals surface area contributed by atoms with E-state index in [4.69, 9.17) is 16.7 Å². The number of carboxylic acid groups (broad SMARTS) is 1. The Morgan fingerprint density at radius 3 is 2.81 bits per heavy atom. The van der Waals surface area contributed by atoms with Gasteiger partial charge in [0, 0.05) is 30.1 Å². The molecule has 1 N–H and O–H groups in total. The molecular weight excluding hydrogens is 290 g/mol. The van der Waals surface area contributed by atoms with Crippen LogP contribution in [0.4, 0.5) is 0 Å². The van der Waals surface area contributed by atoms with Crippen molar-refractivity contribution in [3.8, 4) is 0 Å². The lowest BCUT2D eigenvalue weighted by Gasteiger charge is -2.32. The van der Waals surface area contributed by atoms with Crippen LogP contribution in [0.1, 0.15) is 41.6 Å². The van der Waals surface area contributed by atoms with Crippen molar-refractivity contribution in [2.75, 3.05) is 13.1 Å². The smallest absolute Gasteiger partial charge is 0.303 e. The number of halogens is 1. The van der Waals surface area contributed by atoms with Gasteiger partial charge in [0.1, 0.15) is 0 Å². The molecule has 1 aliphatic rings. The summed E-state index contributed by atoms with van der Waals surface area (Å²) < 4.78 is 0. The summed E-state index contributed by atoms with van der Waals surface area (Å²) in [5.74, 6) is -0.511. The van der Waals surface area contributed by atoms with E-state index >= 15 is 0 Å². The van der Waals surface area contributed by atoms with Crippen molar-refractivity contribution >= 4 is 23.5 Å². The van der Waals surface area contributed by atoms with Crippen LogP contribution in [0.15, 0.2) is 18.2 Å². The maximum absolute atomic E-state index is 12.5. The number of carboxylic acids is 1. The maximum atomic E-state index is 12.5. The highest BCUT2D eigenvalue weighted by atomic mass is 35.5. The van der Waals surface area contributed by atoms with Crippen LogP contribution in [-0.2, 0) is 4.79 Å². The summed E-state index contributed by atoms with van der Waals surface area (Å²) in [4.78, 5) is 25.0. The van der Waals surface area contributed by atoms with Gasteiger partial charge in [0.2, 0.25) is 0 Å². The fraction of sp³-hybridized carbons (Fsp3) is 0.500. The molecule has 4 nitrogen and oxygen atoms in total. The number of hydrogen-bond donors (Lipinski definition) is 1. The van der Waals surface area contributed by atoms with Gasteiger partial charge >= 0.3 is 5.97 Å². The molecule has 1 fully saturated rings. The second-order valence-corrected chi connectivity index (χ2v) is 6.15. The number of nitrogens with zero attached hydrogens (tertiary/aromatic N) is 1. The van der Waals surface area contributed by atoms with Crippen LogP contribution in [0, 0.1) is 12.8 Å². The molecule has 1 atom stereocenters. The van der Waals surface area contributed by atoms with E-state index in [1.54, 1.807) is 6.07 Å². The zero-order chi connectivity index (χ0) is 15.4. The summed E-state index contributed by atoms with van der Waals surface area (Å²) in [5.41, 5.74) is 1.57. The van der Waals surface area contributed by atoms with Crippen LogP contribution in [-0.4, -0.2) is 35.0 Å². The molecule has 2 rings (SSSR count). The highest BCUT2D eigenvalue weighted by molar-refractivity contribution is 6.31. The second kappa shape index (κ2) is 6.94. The van der Waals surface area contributed by atoms with E-state index in [1.165, 1.54) is 0 Å². The Balaban J connectivity index is 2.03. The van der Waals surface area contributed by atoms with Crippen molar-refractivity contribution in [1.82, 2.24) is 4.90 Å². The zero-order valence-electron chi connectivity index (χ0n) is 12.1. The standard InChI is InChI=1S/C16H20ClNO3/c1-11-7-13(9-14(17)8-11)16(21)18-6-2-3-12(10-18)4-5-15(19)20/h7-9,12H,2-6,10H2,1H3,(H,19,20)/t12-/m1/s1. The minimum Gasteiger partial charge on any atom is -0.481 e. The summed E-state index contributed by atoms with van der Waals surface area (Å²) in [6.45, 7) is 3.28. The first-order valence-electron chi connectivity index (χ1n) is 7.24. The number of piperidine rings is 1. The summed E-state index contributed by atoms with van der Waals surface area (Å²) in [6.07, 6.45) is 2.72. The number of carbonyl (C=O) groups excluding carboxylic acids is 1. The highest BCUT2D eigenvalue weighted by Crippen LogP contribution is 2.23. The zero-order valence-corrected chi connectivity index (χ0v) is 12.9. The van der Waals surface area contributed by atoms with Gasteiger partial charge in [0.15, 0.2) is 0 Å². The Morgan fingerprint density at radius 2 is 2.14 bits per heavy atom. The molecule has 1 saturated heterocycles. The number of aryl methyl sites for hydroxylation is 1. The van der Waals surface area contributed by atoms with E-state index in [0.29, 0.717) is 23.6 Å². The Kier molecular flexibility index (Phi) is 5.23. The first-order chi connectivity index (χ1) is 9.95. The molecule has 0 saturated carbocycles. The molecule has 1 aliphatic heterocycles. The summed E-state index contributed by atoms with van der Waals surface area (Å²) in [5, 5.41) is 9.33. The van der Waals surface area contributed by atoms with Crippen molar-refractivity contribution in [2.45, 2.75) is 32.6 Å². The Hall–Kier alpha value is -1.55. The van der Waals surface area contributed by atoms with Crippen LogP contribution >= 0.6 is 11.6 Å². The first-order valence-corrected chi connectivity index (χ1v) is 7.62. The molecule has 114 valence electrons. The first kappa shape index (κ1) is 15.8. The normalized spacial score (nSPS) is 18.6. The number of likely N-dealkylation sites (tertiary alicyclic amines) is 1. The number of hydrogen-bond acceptors (Lipinski definition) is 2. The van der Waals surface area contributed by atoms with E-state index < -0.39 is 5.97 Å². The number of amides is 1. The lowest BCUT2D eigenvalue weighted by atomic mass is 9.93. The van der Waals surface area contributed by atoms with Crippen LogP contribution in [0.3, 0.4) is 0 Å². The van der Waals surface area contributed by atoms with Gasteiger partial charge < -0.3 is 10.0 Å². The number of carbonyl (C=O) groups is 2. The average molecular weight is 310 g/mol. The Morgan fingerprint density at radius 1 is 1.38 bits per heavy atom. The third-order valence-corrected chi connectivity index (χ3v) is 4.08. The van der Waals surface area contributed by atoms with E-state index in [9.17, 15) is 9.59 Å². The van der Waals surface area contributed by atoms with Gasteiger partial charge in [-0.15, -0.1) is 0 Å². The van der Waals surface area contributed by atoms with E-state index in [1.807, 2.05) is 24.0 Å². The fourth-order valence-corrected chi connectivity index (χ4v) is 3.14. The van der Waals surface area contributed by atoms with Crippen LogP contribution < -0.4 is 0 Å². The number of aliphatic carboxylic acids is 1. The SMILES string of the molecule is Cc1cc(Cl)cc(C(=O)N2CCC[C@H](CCC(=O)O)C2)c1. The molecule has 0 aromatic heterocycles.